The number of aromatic nitrogens is 2. The maximum atomic E-state index is 5.41. The number of nitrogens with one attached hydrogen (secondary N) is 1. The lowest BCUT2D eigenvalue weighted by molar-refractivity contribution is 0.278. The van der Waals surface area contributed by atoms with Gasteiger partial charge >= 0.3 is 0 Å². The average Bonchev–Trinajstić information content (AvgIpc) is 2.51. The van der Waals surface area contributed by atoms with E-state index in [2.05, 4.69) is 34.7 Å². The highest BCUT2D eigenvalue weighted by atomic mass is 32.1. The summed E-state index contributed by atoms with van der Waals surface area (Å²) >= 11 is 5.41. The van der Waals surface area contributed by atoms with Crippen molar-refractivity contribution in [1.82, 2.24) is 9.55 Å². The van der Waals surface area contributed by atoms with E-state index in [1.54, 1.807) is 0 Å². The molecule has 0 saturated heterocycles. The summed E-state index contributed by atoms with van der Waals surface area (Å²) in [6, 6.07) is 6.39. The number of hydrogen-bond acceptors (Lipinski definition) is 1. The van der Waals surface area contributed by atoms with Crippen LogP contribution in [0.15, 0.2) is 18.2 Å². The minimum absolute atomic E-state index is 0.839. The summed E-state index contributed by atoms with van der Waals surface area (Å²) in [5.41, 5.74) is 3.74. The predicted molar refractivity (Wildman–Crippen MR) is 69.2 cm³/mol. The van der Waals surface area contributed by atoms with Crippen LogP contribution in [0.2, 0.25) is 0 Å². The highest BCUT2D eigenvalue weighted by molar-refractivity contribution is 7.71. The summed E-state index contributed by atoms with van der Waals surface area (Å²) in [7, 11) is 0. The lowest BCUT2D eigenvalue weighted by Gasteiger charge is -2.25. The van der Waals surface area contributed by atoms with E-state index in [0.717, 1.165) is 17.2 Å². The number of hydrogen-bond donors (Lipinski definition) is 1. The molecule has 0 bridgehead atoms. The lowest BCUT2D eigenvalue weighted by atomic mass is 9.85. The molecular weight excluding hydrogens is 216 g/mol. The number of nitrogens with zero attached hydrogens (tertiary/aromatic N) is 1. The van der Waals surface area contributed by atoms with E-state index in [-0.39, 0.29) is 0 Å². The predicted octanol–water partition coefficient (Wildman–Crippen LogP) is 3.81. The first-order chi connectivity index (χ1) is 7.75. The number of rotatable bonds is 2. The molecule has 0 spiro atoms. The topological polar surface area (TPSA) is 20.7 Å². The Hall–Kier alpha value is -1.09. The molecule has 1 fully saturated rings. The fourth-order valence-corrected chi connectivity index (χ4v) is 2.71. The van der Waals surface area contributed by atoms with Crippen molar-refractivity contribution in [3.8, 4) is 0 Å². The van der Waals surface area contributed by atoms with Gasteiger partial charge in [0.1, 0.15) is 0 Å². The van der Waals surface area contributed by atoms with Crippen LogP contribution in [-0.2, 0) is 6.54 Å². The minimum Gasteiger partial charge on any atom is -0.330 e. The van der Waals surface area contributed by atoms with Crippen molar-refractivity contribution in [2.75, 3.05) is 0 Å². The van der Waals surface area contributed by atoms with Gasteiger partial charge in [0.05, 0.1) is 11.0 Å². The van der Waals surface area contributed by atoms with Crippen LogP contribution in [0, 0.1) is 17.6 Å². The summed E-state index contributed by atoms with van der Waals surface area (Å²) in [4.78, 5) is 3.33. The molecule has 3 heteroatoms. The van der Waals surface area contributed by atoms with Gasteiger partial charge in [-0.15, -0.1) is 0 Å². The molecule has 1 N–H and O–H groups in total. The maximum Gasteiger partial charge on any atom is 0.178 e. The molecule has 3 rings (SSSR count). The Bertz CT molecular complexity index is 575. The monoisotopic (exact) mass is 232 g/mol. The molecule has 0 unspecified atom stereocenters. The fourth-order valence-electron chi connectivity index (χ4n) is 2.44. The SMILES string of the molecule is Cc1cccc2c1[nH]c(=S)n2CC1CCC1. The molecule has 0 aliphatic heterocycles. The molecule has 2 aromatic rings. The number of fused-ring (bicyclic) bond motifs is 1. The van der Waals surface area contributed by atoms with Crippen molar-refractivity contribution in [3.05, 3.63) is 28.5 Å². The van der Waals surface area contributed by atoms with Gasteiger partial charge in [0.2, 0.25) is 0 Å². The van der Waals surface area contributed by atoms with Crippen LogP contribution < -0.4 is 0 Å². The minimum atomic E-state index is 0.839. The largest absolute Gasteiger partial charge is 0.330 e. The highest BCUT2D eigenvalue weighted by Gasteiger charge is 2.19. The molecule has 16 heavy (non-hydrogen) atoms. The van der Waals surface area contributed by atoms with E-state index in [4.69, 9.17) is 12.2 Å². The Morgan fingerprint density at radius 1 is 1.44 bits per heavy atom. The Kier molecular flexibility index (Phi) is 2.36. The van der Waals surface area contributed by atoms with E-state index >= 15 is 0 Å². The molecular formula is C13H16N2S. The van der Waals surface area contributed by atoms with Gasteiger partial charge in [-0.1, -0.05) is 18.6 Å². The van der Waals surface area contributed by atoms with Crippen LogP contribution in [0.1, 0.15) is 24.8 Å². The lowest BCUT2D eigenvalue weighted by Crippen LogP contribution is -2.17. The van der Waals surface area contributed by atoms with E-state index in [1.165, 1.54) is 35.9 Å². The third-order valence-electron chi connectivity index (χ3n) is 3.68. The van der Waals surface area contributed by atoms with E-state index in [9.17, 15) is 0 Å². The first-order valence-corrected chi connectivity index (χ1v) is 6.34. The molecule has 2 nitrogen and oxygen atoms in total. The second-order valence-corrected chi connectivity index (χ2v) is 5.19. The zero-order chi connectivity index (χ0) is 11.1. The number of para-hydroxylation sites is 1. The normalized spacial score (nSPS) is 16.6. The van der Waals surface area contributed by atoms with Crippen LogP contribution in [0.4, 0.5) is 0 Å². The second kappa shape index (κ2) is 3.74. The molecule has 0 atom stereocenters. The molecule has 1 aliphatic rings. The van der Waals surface area contributed by atoms with Crippen LogP contribution in [0.3, 0.4) is 0 Å². The summed E-state index contributed by atoms with van der Waals surface area (Å²) in [6.07, 6.45) is 4.11. The first kappa shape index (κ1) is 10.1. The van der Waals surface area contributed by atoms with Crippen molar-refractivity contribution in [3.63, 3.8) is 0 Å². The summed E-state index contributed by atoms with van der Waals surface area (Å²) in [6.45, 7) is 3.21. The third kappa shape index (κ3) is 1.50. The average molecular weight is 232 g/mol. The van der Waals surface area contributed by atoms with Gasteiger partial charge in [-0.3, -0.25) is 0 Å². The van der Waals surface area contributed by atoms with Crippen LogP contribution in [0.25, 0.3) is 11.0 Å². The van der Waals surface area contributed by atoms with Gasteiger partial charge in [-0.25, -0.2) is 0 Å². The van der Waals surface area contributed by atoms with E-state index in [1.807, 2.05) is 0 Å². The zero-order valence-electron chi connectivity index (χ0n) is 9.49. The number of benzene rings is 1. The van der Waals surface area contributed by atoms with Crippen LogP contribution >= 0.6 is 12.2 Å². The van der Waals surface area contributed by atoms with Gasteiger partial charge in [-0.05, 0) is 49.5 Å². The molecule has 84 valence electrons. The number of aromatic amines is 1. The molecule has 1 aliphatic carbocycles. The van der Waals surface area contributed by atoms with E-state index in [0.29, 0.717) is 0 Å². The molecule has 1 heterocycles. The van der Waals surface area contributed by atoms with Gasteiger partial charge in [0.15, 0.2) is 4.77 Å². The summed E-state index contributed by atoms with van der Waals surface area (Å²) in [5.74, 6) is 0.839. The van der Waals surface area contributed by atoms with Gasteiger partial charge < -0.3 is 9.55 Å². The van der Waals surface area contributed by atoms with Crippen LogP contribution in [0.5, 0.6) is 0 Å². The van der Waals surface area contributed by atoms with Crippen molar-refractivity contribution < 1.29 is 0 Å². The van der Waals surface area contributed by atoms with Gasteiger partial charge in [-0.2, -0.15) is 0 Å². The Morgan fingerprint density at radius 3 is 2.94 bits per heavy atom. The Morgan fingerprint density at radius 2 is 2.25 bits per heavy atom. The maximum absolute atomic E-state index is 5.41. The van der Waals surface area contributed by atoms with Crippen molar-refractivity contribution in [2.24, 2.45) is 5.92 Å². The van der Waals surface area contributed by atoms with Crippen molar-refractivity contribution in [2.45, 2.75) is 32.7 Å². The van der Waals surface area contributed by atoms with Crippen molar-refractivity contribution >= 4 is 23.3 Å². The van der Waals surface area contributed by atoms with Crippen LogP contribution in [-0.4, -0.2) is 9.55 Å². The third-order valence-corrected chi connectivity index (χ3v) is 4.01. The van der Waals surface area contributed by atoms with Crippen molar-refractivity contribution in [1.29, 1.82) is 0 Å². The number of aryl methyl sites for hydroxylation is 1. The molecule has 0 radical (unpaired) electrons. The summed E-state index contributed by atoms with van der Waals surface area (Å²) in [5, 5.41) is 0. The number of H-pyrrole nitrogens is 1. The second-order valence-electron chi connectivity index (χ2n) is 4.81. The number of imidazole rings is 1. The summed E-state index contributed by atoms with van der Waals surface area (Å²) < 4.78 is 3.14. The van der Waals surface area contributed by atoms with Gasteiger partial charge in [0.25, 0.3) is 0 Å². The highest BCUT2D eigenvalue weighted by Crippen LogP contribution is 2.29. The molecule has 0 amide bonds. The quantitative estimate of drug-likeness (QED) is 0.781. The van der Waals surface area contributed by atoms with Gasteiger partial charge in [0, 0.05) is 6.54 Å². The molecule has 1 aromatic carbocycles. The molecule has 1 aromatic heterocycles. The first-order valence-electron chi connectivity index (χ1n) is 5.94. The smallest absolute Gasteiger partial charge is 0.178 e. The molecule has 1 saturated carbocycles. The van der Waals surface area contributed by atoms with E-state index < -0.39 is 0 Å². The zero-order valence-corrected chi connectivity index (χ0v) is 10.3. The standard InChI is InChI=1S/C13H16N2S/c1-9-4-2-7-11-12(9)14-13(16)15(11)8-10-5-3-6-10/h2,4,7,10H,3,5-6,8H2,1H3,(H,14,16). The Balaban J connectivity index is 2.11. The fraction of sp³-hybridized carbons (Fsp3) is 0.462. The Labute approximate surface area is 100 Å².